The van der Waals surface area contributed by atoms with Gasteiger partial charge in [-0.25, -0.2) is 4.79 Å². The number of nitrogens with zero attached hydrogens (tertiary/aromatic N) is 1. The highest BCUT2D eigenvalue weighted by Gasteiger charge is 2.34. The summed E-state index contributed by atoms with van der Waals surface area (Å²) in [6.07, 6.45) is 2.56. The van der Waals surface area contributed by atoms with Gasteiger partial charge in [-0.1, -0.05) is 56.3 Å². The Bertz CT molecular complexity index is 1120. The Hall–Kier alpha value is -2.93. The van der Waals surface area contributed by atoms with E-state index in [1.54, 1.807) is 6.92 Å². The Morgan fingerprint density at radius 3 is 2.69 bits per heavy atom. The van der Waals surface area contributed by atoms with Crippen LogP contribution in [-0.4, -0.2) is 23.6 Å². The van der Waals surface area contributed by atoms with Crippen LogP contribution in [0, 0.1) is 11.3 Å². The molecule has 0 aliphatic heterocycles. The fraction of sp³-hybridized carbons (Fsp3) is 0.400. The third-order valence-corrected chi connectivity index (χ3v) is 6.96. The van der Waals surface area contributed by atoms with E-state index in [-0.39, 0.29) is 17.9 Å². The van der Waals surface area contributed by atoms with Gasteiger partial charge in [0.15, 0.2) is 5.69 Å². The minimum absolute atomic E-state index is 0.137. The minimum atomic E-state index is -0.460. The van der Waals surface area contributed by atoms with Gasteiger partial charge in [0, 0.05) is 22.9 Å². The Balaban J connectivity index is 1.65. The molecule has 1 aliphatic rings. The highest BCUT2D eigenvalue weighted by molar-refractivity contribution is 7.15. The second-order valence-electron chi connectivity index (χ2n) is 9.13. The third kappa shape index (κ3) is 4.35. The largest absolute Gasteiger partial charge is 0.462 e. The standard InChI is InChI=1S/C25H28N2O4S/c1-5-30-24(29)20-18(15-9-7-6-8-10-15)14-32-23(20)26-22(28)21-17-13-16(25(2,3)4)11-12-19(17)31-27-21/h6-10,14,16H,5,11-13H2,1-4H3,(H,26,28)/t16-/m0/s1. The lowest BCUT2D eigenvalue weighted by molar-refractivity contribution is 0.0529. The molecular formula is C25H28N2O4S. The molecule has 2 aromatic heterocycles. The van der Waals surface area contributed by atoms with Gasteiger partial charge in [0.2, 0.25) is 0 Å². The second kappa shape index (κ2) is 8.90. The Morgan fingerprint density at radius 2 is 2.00 bits per heavy atom. The zero-order chi connectivity index (χ0) is 22.9. The van der Waals surface area contributed by atoms with E-state index in [0.29, 0.717) is 22.2 Å². The van der Waals surface area contributed by atoms with Crippen molar-refractivity contribution < 1.29 is 18.8 Å². The lowest BCUT2D eigenvalue weighted by Gasteiger charge is -2.33. The van der Waals surface area contributed by atoms with Crippen LogP contribution in [-0.2, 0) is 17.6 Å². The maximum Gasteiger partial charge on any atom is 0.341 e. The SMILES string of the molecule is CCOC(=O)c1c(-c2ccccc2)csc1NC(=O)c1noc2c1C[C@@H](C(C)(C)C)CC2. The average Bonchev–Trinajstić information content (AvgIpc) is 3.37. The molecule has 1 N–H and O–H groups in total. The molecule has 1 amide bonds. The van der Waals surface area contributed by atoms with Gasteiger partial charge in [-0.15, -0.1) is 11.3 Å². The number of fused-ring (bicyclic) bond motifs is 1. The highest BCUT2D eigenvalue weighted by Crippen LogP contribution is 2.39. The molecule has 3 aromatic rings. The van der Waals surface area contributed by atoms with Crippen molar-refractivity contribution in [2.24, 2.45) is 11.3 Å². The van der Waals surface area contributed by atoms with Crippen LogP contribution < -0.4 is 5.32 Å². The molecule has 32 heavy (non-hydrogen) atoms. The molecule has 4 rings (SSSR count). The van der Waals surface area contributed by atoms with Crippen LogP contribution in [0.1, 0.15) is 66.3 Å². The molecule has 6 nitrogen and oxygen atoms in total. The number of anilines is 1. The topological polar surface area (TPSA) is 81.4 Å². The molecule has 0 saturated carbocycles. The second-order valence-corrected chi connectivity index (χ2v) is 10.0. The van der Waals surface area contributed by atoms with Gasteiger partial charge in [0.05, 0.1) is 6.61 Å². The van der Waals surface area contributed by atoms with Gasteiger partial charge in [0.1, 0.15) is 16.3 Å². The zero-order valence-electron chi connectivity index (χ0n) is 18.9. The Labute approximate surface area is 192 Å². The number of aromatic nitrogens is 1. The van der Waals surface area contributed by atoms with Crippen LogP contribution in [0.15, 0.2) is 40.2 Å². The molecular weight excluding hydrogens is 424 g/mol. The number of carbonyl (C=O) groups excluding carboxylic acids is 2. The van der Waals surface area contributed by atoms with E-state index in [1.807, 2.05) is 35.7 Å². The van der Waals surface area contributed by atoms with Crippen LogP contribution in [0.2, 0.25) is 0 Å². The third-order valence-electron chi connectivity index (χ3n) is 6.06. The van der Waals surface area contributed by atoms with Crippen molar-refractivity contribution in [1.29, 1.82) is 0 Å². The number of benzene rings is 1. The quantitative estimate of drug-likeness (QED) is 0.481. The van der Waals surface area contributed by atoms with Gasteiger partial charge in [-0.05, 0) is 36.7 Å². The van der Waals surface area contributed by atoms with Crippen LogP contribution in [0.25, 0.3) is 11.1 Å². The molecule has 0 bridgehead atoms. The minimum Gasteiger partial charge on any atom is -0.462 e. The maximum atomic E-state index is 13.2. The number of hydrogen-bond acceptors (Lipinski definition) is 6. The van der Waals surface area contributed by atoms with E-state index < -0.39 is 5.97 Å². The molecule has 0 spiro atoms. The average molecular weight is 453 g/mol. The molecule has 1 atom stereocenters. The lowest BCUT2D eigenvalue weighted by Crippen LogP contribution is -2.27. The fourth-order valence-electron chi connectivity index (χ4n) is 4.17. The number of esters is 1. The molecule has 168 valence electrons. The molecule has 0 fully saturated rings. The van der Waals surface area contributed by atoms with E-state index >= 15 is 0 Å². The number of amides is 1. The molecule has 0 radical (unpaired) electrons. The summed E-state index contributed by atoms with van der Waals surface area (Å²) >= 11 is 1.30. The first-order chi connectivity index (χ1) is 15.3. The van der Waals surface area contributed by atoms with Gasteiger partial charge < -0.3 is 14.6 Å². The molecule has 0 unspecified atom stereocenters. The van der Waals surface area contributed by atoms with E-state index in [9.17, 15) is 9.59 Å². The van der Waals surface area contributed by atoms with E-state index in [2.05, 4.69) is 31.2 Å². The van der Waals surface area contributed by atoms with Crippen molar-refractivity contribution in [2.45, 2.75) is 47.0 Å². The van der Waals surface area contributed by atoms with Crippen molar-refractivity contribution in [3.63, 3.8) is 0 Å². The summed E-state index contributed by atoms with van der Waals surface area (Å²) in [5.41, 5.74) is 3.31. The summed E-state index contributed by atoms with van der Waals surface area (Å²) in [6, 6.07) is 9.59. The fourth-order valence-corrected chi connectivity index (χ4v) is 5.12. The number of nitrogens with one attached hydrogen (secondary N) is 1. The van der Waals surface area contributed by atoms with E-state index in [0.717, 1.165) is 41.7 Å². The molecule has 2 heterocycles. The van der Waals surface area contributed by atoms with Crippen LogP contribution in [0.5, 0.6) is 0 Å². The lowest BCUT2D eigenvalue weighted by atomic mass is 9.71. The van der Waals surface area contributed by atoms with Gasteiger partial charge in [0.25, 0.3) is 5.91 Å². The van der Waals surface area contributed by atoms with Crippen molar-refractivity contribution in [1.82, 2.24) is 5.16 Å². The van der Waals surface area contributed by atoms with E-state index in [4.69, 9.17) is 9.26 Å². The van der Waals surface area contributed by atoms with Gasteiger partial charge in [-0.3, -0.25) is 4.79 Å². The highest BCUT2D eigenvalue weighted by atomic mass is 32.1. The Kier molecular flexibility index (Phi) is 6.20. The Morgan fingerprint density at radius 1 is 1.25 bits per heavy atom. The summed E-state index contributed by atoms with van der Waals surface area (Å²) in [5, 5.41) is 9.31. The first-order valence-corrected chi connectivity index (χ1v) is 11.8. The molecule has 0 saturated heterocycles. The summed E-state index contributed by atoms with van der Waals surface area (Å²) < 4.78 is 10.8. The molecule has 1 aliphatic carbocycles. The van der Waals surface area contributed by atoms with Crippen molar-refractivity contribution >= 4 is 28.2 Å². The molecule has 1 aromatic carbocycles. The van der Waals surface area contributed by atoms with Crippen molar-refractivity contribution in [3.05, 3.63) is 58.3 Å². The maximum absolute atomic E-state index is 13.2. The number of ether oxygens (including phenoxy) is 1. The predicted molar refractivity (Wildman–Crippen MR) is 125 cm³/mol. The van der Waals surface area contributed by atoms with Crippen molar-refractivity contribution in [3.8, 4) is 11.1 Å². The van der Waals surface area contributed by atoms with Gasteiger partial charge in [-0.2, -0.15) is 0 Å². The smallest absolute Gasteiger partial charge is 0.341 e. The van der Waals surface area contributed by atoms with Crippen LogP contribution in [0.4, 0.5) is 5.00 Å². The van der Waals surface area contributed by atoms with E-state index in [1.165, 1.54) is 11.3 Å². The summed E-state index contributed by atoms with van der Waals surface area (Å²) in [5.74, 6) is 0.411. The summed E-state index contributed by atoms with van der Waals surface area (Å²) in [4.78, 5) is 26.0. The summed E-state index contributed by atoms with van der Waals surface area (Å²) in [6.45, 7) is 8.67. The number of rotatable bonds is 5. The van der Waals surface area contributed by atoms with Crippen LogP contribution in [0.3, 0.4) is 0 Å². The first kappa shape index (κ1) is 22.3. The van der Waals surface area contributed by atoms with Crippen LogP contribution >= 0.6 is 11.3 Å². The van der Waals surface area contributed by atoms with Crippen molar-refractivity contribution in [2.75, 3.05) is 11.9 Å². The monoisotopic (exact) mass is 452 g/mol. The number of aryl methyl sites for hydroxylation is 1. The molecule has 7 heteroatoms. The zero-order valence-corrected chi connectivity index (χ0v) is 19.7. The summed E-state index contributed by atoms with van der Waals surface area (Å²) in [7, 11) is 0. The number of hydrogen-bond donors (Lipinski definition) is 1. The normalized spacial score (nSPS) is 15.8. The number of thiophene rings is 1. The van der Waals surface area contributed by atoms with Gasteiger partial charge >= 0.3 is 5.97 Å². The first-order valence-electron chi connectivity index (χ1n) is 10.9. The number of carbonyl (C=O) groups is 2. The predicted octanol–water partition coefficient (Wildman–Crippen LogP) is 5.98.